The molecular formula is C9H12N2O3. The van der Waals surface area contributed by atoms with Crippen LogP contribution in [0.3, 0.4) is 0 Å². The molecule has 0 amide bonds. The minimum Gasteiger partial charge on any atom is -0.396 e. The van der Waals surface area contributed by atoms with Gasteiger partial charge in [-0.2, -0.15) is 0 Å². The first kappa shape index (κ1) is 10.5. The van der Waals surface area contributed by atoms with Crippen molar-refractivity contribution in [2.45, 2.75) is 13.3 Å². The molecule has 1 aromatic carbocycles. The minimum atomic E-state index is -0.507. The van der Waals surface area contributed by atoms with Crippen molar-refractivity contribution in [3.05, 3.63) is 33.4 Å². The molecule has 5 nitrogen and oxygen atoms in total. The fraction of sp³-hybridized carbons (Fsp3) is 0.333. The van der Waals surface area contributed by atoms with E-state index in [1.807, 2.05) is 0 Å². The zero-order chi connectivity index (χ0) is 10.7. The summed E-state index contributed by atoms with van der Waals surface area (Å²) in [7, 11) is 0. The van der Waals surface area contributed by atoms with Gasteiger partial charge in [0, 0.05) is 18.6 Å². The highest BCUT2D eigenvalue weighted by Crippen LogP contribution is 2.28. The Labute approximate surface area is 81.3 Å². The van der Waals surface area contributed by atoms with Gasteiger partial charge in [-0.05, 0) is 18.6 Å². The number of nitrogens with two attached hydrogens (primary N) is 1. The van der Waals surface area contributed by atoms with E-state index >= 15 is 0 Å². The lowest BCUT2D eigenvalue weighted by Crippen LogP contribution is -2.04. The van der Waals surface area contributed by atoms with E-state index in [2.05, 4.69) is 0 Å². The van der Waals surface area contributed by atoms with Gasteiger partial charge in [-0.3, -0.25) is 10.1 Å². The van der Waals surface area contributed by atoms with E-state index in [0.29, 0.717) is 5.56 Å². The van der Waals surface area contributed by atoms with Crippen molar-refractivity contribution >= 4 is 11.4 Å². The van der Waals surface area contributed by atoms with Gasteiger partial charge in [-0.1, -0.05) is 6.07 Å². The Morgan fingerprint density at radius 2 is 2.21 bits per heavy atom. The van der Waals surface area contributed by atoms with E-state index in [4.69, 9.17) is 10.8 Å². The maximum atomic E-state index is 10.7. The molecule has 76 valence electrons. The summed E-state index contributed by atoms with van der Waals surface area (Å²) in [4.78, 5) is 10.2. The number of anilines is 1. The van der Waals surface area contributed by atoms with Gasteiger partial charge in [0.05, 0.1) is 4.92 Å². The van der Waals surface area contributed by atoms with Crippen LogP contribution in [0.15, 0.2) is 12.1 Å². The fourth-order valence-electron chi connectivity index (χ4n) is 1.40. The highest BCUT2D eigenvalue weighted by atomic mass is 16.6. The highest BCUT2D eigenvalue weighted by molar-refractivity contribution is 5.64. The molecule has 0 aliphatic rings. The number of aliphatic hydroxyl groups excluding tert-OH is 1. The molecule has 14 heavy (non-hydrogen) atoms. The molecule has 1 rings (SSSR count). The topological polar surface area (TPSA) is 89.4 Å². The van der Waals surface area contributed by atoms with Crippen LogP contribution in [-0.2, 0) is 6.42 Å². The van der Waals surface area contributed by atoms with Gasteiger partial charge in [0.2, 0.25) is 0 Å². The molecule has 0 unspecified atom stereocenters. The van der Waals surface area contributed by atoms with Crippen LogP contribution in [-0.4, -0.2) is 16.6 Å². The Kier molecular flexibility index (Phi) is 3.03. The van der Waals surface area contributed by atoms with Crippen LogP contribution in [0.1, 0.15) is 11.1 Å². The van der Waals surface area contributed by atoms with Crippen LogP contribution in [0, 0.1) is 17.0 Å². The molecule has 0 saturated heterocycles. The van der Waals surface area contributed by atoms with Crippen molar-refractivity contribution in [1.82, 2.24) is 0 Å². The standard InChI is InChI=1S/C9H12N2O3/c1-6-2-3-8(10)9(11(13)14)7(6)4-5-12/h2-3,12H,4-5,10H2,1H3. The molecule has 0 aromatic heterocycles. The average molecular weight is 196 g/mol. The van der Waals surface area contributed by atoms with E-state index in [9.17, 15) is 10.1 Å². The van der Waals surface area contributed by atoms with Gasteiger partial charge in [-0.15, -0.1) is 0 Å². The first-order chi connectivity index (χ1) is 6.57. The maximum Gasteiger partial charge on any atom is 0.295 e. The van der Waals surface area contributed by atoms with Gasteiger partial charge in [0.1, 0.15) is 5.69 Å². The normalized spacial score (nSPS) is 10.1. The molecule has 0 radical (unpaired) electrons. The lowest BCUT2D eigenvalue weighted by Gasteiger charge is -2.06. The quantitative estimate of drug-likeness (QED) is 0.429. The molecule has 0 atom stereocenters. The predicted octanol–water partition coefficient (Wildman–Crippen LogP) is 1.02. The second-order valence-corrected chi connectivity index (χ2v) is 3.03. The highest BCUT2D eigenvalue weighted by Gasteiger charge is 2.19. The molecule has 0 saturated carbocycles. The summed E-state index contributed by atoms with van der Waals surface area (Å²) in [6.07, 6.45) is 0.257. The molecule has 0 heterocycles. The monoisotopic (exact) mass is 196 g/mol. The van der Waals surface area contributed by atoms with Crippen molar-refractivity contribution < 1.29 is 10.0 Å². The van der Waals surface area contributed by atoms with Crippen LogP contribution in [0.4, 0.5) is 11.4 Å². The third kappa shape index (κ3) is 1.82. The van der Waals surface area contributed by atoms with Gasteiger partial charge < -0.3 is 10.8 Å². The summed E-state index contributed by atoms with van der Waals surface area (Å²) in [5, 5.41) is 19.5. The van der Waals surface area contributed by atoms with E-state index < -0.39 is 4.92 Å². The fourth-order valence-corrected chi connectivity index (χ4v) is 1.40. The van der Waals surface area contributed by atoms with Crippen molar-refractivity contribution in [2.24, 2.45) is 0 Å². The van der Waals surface area contributed by atoms with Crippen molar-refractivity contribution in [1.29, 1.82) is 0 Å². The van der Waals surface area contributed by atoms with Gasteiger partial charge >= 0.3 is 0 Å². The lowest BCUT2D eigenvalue weighted by atomic mass is 10.0. The summed E-state index contributed by atoms with van der Waals surface area (Å²) >= 11 is 0. The number of hydrogen-bond acceptors (Lipinski definition) is 4. The lowest BCUT2D eigenvalue weighted by molar-refractivity contribution is -0.384. The summed E-state index contributed by atoms with van der Waals surface area (Å²) in [5.74, 6) is 0. The van der Waals surface area contributed by atoms with Crippen LogP contribution >= 0.6 is 0 Å². The Hall–Kier alpha value is -1.62. The second kappa shape index (κ2) is 4.06. The number of nitro groups is 1. The number of benzene rings is 1. The third-order valence-corrected chi connectivity index (χ3v) is 2.09. The zero-order valence-electron chi connectivity index (χ0n) is 7.86. The summed E-state index contributed by atoms with van der Waals surface area (Å²) in [6, 6.07) is 3.22. The van der Waals surface area contributed by atoms with E-state index in [0.717, 1.165) is 5.56 Å². The molecular weight excluding hydrogens is 184 g/mol. The molecule has 3 N–H and O–H groups in total. The number of hydrogen-bond donors (Lipinski definition) is 2. The zero-order valence-corrected chi connectivity index (χ0v) is 7.86. The summed E-state index contributed by atoms with van der Waals surface area (Å²) in [6.45, 7) is 1.64. The Balaban J connectivity index is 3.33. The van der Waals surface area contributed by atoms with Crippen LogP contribution in [0.5, 0.6) is 0 Å². The molecule has 0 aliphatic carbocycles. The number of aliphatic hydroxyl groups is 1. The molecule has 0 fully saturated rings. The summed E-state index contributed by atoms with van der Waals surface area (Å²) < 4.78 is 0. The minimum absolute atomic E-state index is 0.0842. The number of rotatable bonds is 3. The average Bonchev–Trinajstić information content (AvgIpc) is 2.11. The largest absolute Gasteiger partial charge is 0.396 e. The predicted molar refractivity (Wildman–Crippen MR) is 53.0 cm³/mol. The molecule has 1 aromatic rings. The maximum absolute atomic E-state index is 10.7. The number of nitrogen functional groups attached to an aromatic ring is 1. The summed E-state index contributed by atoms with van der Waals surface area (Å²) in [5.41, 5.74) is 6.85. The van der Waals surface area contributed by atoms with Gasteiger partial charge in [-0.25, -0.2) is 0 Å². The SMILES string of the molecule is Cc1ccc(N)c([N+](=O)[O-])c1CCO. The van der Waals surface area contributed by atoms with Crippen molar-refractivity contribution in [3.8, 4) is 0 Å². The Morgan fingerprint density at radius 3 is 2.71 bits per heavy atom. The number of nitrogens with zero attached hydrogens (tertiary/aromatic N) is 1. The van der Waals surface area contributed by atoms with Crippen molar-refractivity contribution in [2.75, 3.05) is 12.3 Å². The number of nitro benzene ring substituents is 1. The van der Waals surface area contributed by atoms with Gasteiger partial charge in [0.25, 0.3) is 5.69 Å². The third-order valence-electron chi connectivity index (χ3n) is 2.09. The second-order valence-electron chi connectivity index (χ2n) is 3.03. The Morgan fingerprint density at radius 1 is 1.57 bits per heavy atom. The smallest absolute Gasteiger partial charge is 0.295 e. The van der Waals surface area contributed by atoms with E-state index in [1.54, 1.807) is 13.0 Å². The molecule has 0 spiro atoms. The molecule has 0 aliphatic heterocycles. The molecule has 0 bridgehead atoms. The van der Waals surface area contributed by atoms with E-state index in [-0.39, 0.29) is 24.4 Å². The van der Waals surface area contributed by atoms with E-state index in [1.165, 1.54) is 6.07 Å². The molecule has 5 heteroatoms. The Bertz CT molecular complexity index is 363. The first-order valence-electron chi connectivity index (χ1n) is 4.21. The van der Waals surface area contributed by atoms with Crippen LogP contribution in [0.2, 0.25) is 0 Å². The van der Waals surface area contributed by atoms with Gasteiger partial charge in [0.15, 0.2) is 0 Å². The van der Waals surface area contributed by atoms with Crippen LogP contribution in [0.25, 0.3) is 0 Å². The number of aryl methyl sites for hydroxylation is 1. The first-order valence-corrected chi connectivity index (χ1v) is 4.21. The van der Waals surface area contributed by atoms with Crippen LogP contribution < -0.4 is 5.73 Å². The van der Waals surface area contributed by atoms with Crippen molar-refractivity contribution in [3.63, 3.8) is 0 Å².